The van der Waals surface area contributed by atoms with Gasteiger partial charge in [0.15, 0.2) is 0 Å². The van der Waals surface area contributed by atoms with Crippen LogP contribution in [0.25, 0.3) is 0 Å². The highest BCUT2D eigenvalue weighted by atomic mass is 19.1. The molecule has 0 saturated heterocycles. The molecular formula is C16H23FN2O. The zero-order chi connectivity index (χ0) is 14.8. The molecule has 3 nitrogen and oxygen atoms in total. The molecule has 0 amide bonds. The van der Waals surface area contributed by atoms with Crippen molar-refractivity contribution in [2.75, 3.05) is 32.8 Å². The summed E-state index contributed by atoms with van der Waals surface area (Å²) >= 11 is 0. The molecule has 20 heavy (non-hydrogen) atoms. The highest BCUT2D eigenvalue weighted by Crippen LogP contribution is 2.11. The zero-order valence-corrected chi connectivity index (χ0v) is 12.3. The fourth-order valence-electron chi connectivity index (χ4n) is 1.91. The summed E-state index contributed by atoms with van der Waals surface area (Å²) in [6, 6.07) is 4.90. The van der Waals surface area contributed by atoms with Crippen molar-refractivity contribution in [2.45, 2.75) is 20.4 Å². The van der Waals surface area contributed by atoms with Gasteiger partial charge >= 0.3 is 0 Å². The highest BCUT2D eigenvalue weighted by Gasteiger charge is 2.06. The van der Waals surface area contributed by atoms with Crippen molar-refractivity contribution in [3.05, 3.63) is 35.1 Å². The second-order valence-electron chi connectivity index (χ2n) is 4.42. The number of likely N-dealkylation sites (N-methyl/N-ethyl adjacent to an activating group) is 1. The molecule has 0 unspecified atom stereocenters. The summed E-state index contributed by atoms with van der Waals surface area (Å²) in [6.45, 7) is 8.18. The molecule has 1 rings (SSSR count). The van der Waals surface area contributed by atoms with Gasteiger partial charge in [-0.3, -0.25) is 4.90 Å². The Morgan fingerprint density at radius 1 is 1.30 bits per heavy atom. The molecule has 110 valence electrons. The maximum absolute atomic E-state index is 13.6. The van der Waals surface area contributed by atoms with E-state index in [-0.39, 0.29) is 12.4 Å². The minimum absolute atomic E-state index is 0.260. The number of hydrogen-bond acceptors (Lipinski definition) is 3. The summed E-state index contributed by atoms with van der Waals surface area (Å²) < 4.78 is 18.9. The van der Waals surface area contributed by atoms with E-state index in [4.69, 9.17) is 10.5 Å². The number of nitrogens with two attached hydrogens (primary N) is 1. The molecule has 0 heterocycles. The summed E-state index contributed by atoms with van der Waals surface area (Å²) in [7, 11) is 0. The lowest BCUT2D eigenvalue weighted by molar-refractivity contribution is 0.113. The lowest BCUT2D eigenvalue weighted by Crippen LogP contribution is -2.27. The van der Waals surface area contributed by atoms with Crippen LogP contribution in [0.4, 0.5) is 4.39 Å². The minimum Gasteiger partial charge on any atom is -0.380 e. The Bertz CT molecular complexity index is 465. The third-order valence-electron chi connectivity index (χ3n) is 2.90. The van der Waals surface area contributed by atoms with Gasteiger partial charge in [-0.15, -0.1) is 0 Å². The SMILES string of the molecule is CCOCCN(CC)Cc1cc(F)cc(C#CCN)c1. The van der Waals surface area contributed by atoms with Gasteiger partial charge in [-0.2, -0.15) is 0 Å². The van der Waals surface area contributed by atoms with Crippen LogP contribution in [0.3, 0.4) is 0 Å². The summed E-state index contributed by atoms with van der Waals surface area (Å²) in [6.07, 6.45) is 0. The second-order valence-corrected chi connectivity index (χ2v) is 4.42. The first kappa shape index (κ1) is 16.6. The topological polar surface area (TPSA) is 38.5 Å². The van der Waals surface area contributed by atoms with E-state index in [1.54, 1.807) is 6.07 Å². The first-order valence-electron chi connectivity index (χ1n) is 6.98. The minimum atomic E-state index is -0.260. The van der Waals surface area contributed by atoms with Crippen LogP contribution < -0.4 is 5.73 Å². The van der Waals surface area contributed by atoms with Gasteiger partial charge in [0.05, 0.1) is 13.2 Å². The predicted molar refractivity (Wildman–Crippen MR) is 79.8 cm³/mol. The molecule has 2 N–H and O–H groups in total. The summed E-state index contributed by atoms with van der Waals surface area (Å²) in [5.41, 5.74) is 6.93. The maximum atomic E-state index is 13.6. The molecule has 0 bridgehead atoms. The second kappa shape index (κ2) is 9.49. The number of benzene rings is 1. The van der Waals surface area contributed by atoms with Crippen molar-refractivity contribution in [3.8, 4) is 11.8 Å². The van der Waals surface area contributed by atoms with Gasteiger partial charge < -0.3 is 10.5 Å². The zero-order valence-electron chi connectivity index (χ0n) is 12.3. The van der Waals surface area contributed by atoms with E-state index in [1.165, 1.54) is 6.07 Å². The Hall–Kier alpha value is -1.41. The molecule has 0 aliphatic rings. The van der Waals surface area contributed by atoms with Gasteiger partial charge in [0.1, 0.15) is 5.82 Å². The highest BCUT2D eigenvalue weighted by molar-refractivity contribution is 5.38. The lowest BCUT2D eigenvalue weighted by Gasteiger charge is -2.20. The lowest BCUT2D eigenvalue weighted by atomic mass is 10.1. The van der Waals surface area contributed by atoms with E-state index in [0.29, 0.717) is 18.7 Å². The molecule has 0 aliphatic carbocycles. The van der Waals surface area contributed by atoms with Crippen molar-refractivity contribution in [1.29, 1.82) is 0 Å². The molecule has 0 aromatic heterocycles. The van der Waals surface area contributed by atoms with Crippen LogP contribution in [0.2, 0.25) is 0 Å². The van der Waals surface area contributed by atoms with Crippen LogP contribution in [0, 0.1) is 17.7 Å². The van der Waals surface area contributed by atoms with E-state index in [1.807, 2.05) is 13.0 Å². The Balaban J connectivity index is 2.71. The third-order valence-corrected chi connectivity index (χ3v) is 2.90. The molecule has 0 spiro atoms. The Morgan fingerprint density at radius 2 is 2.10 bits per heavy atom. The monoisotopic (exact) mass is 278 g/mol. The number of rotatable bonds is 7. The van der Waals surface area contributed by atoms with Gasteiger partial charge in [-0.05, 0) is 37.2 Å². The maximum Gasteiger partial charge on any atom is 0.124 e. The number of ether oxygens (including phenoxy) is 1. The fourth-order valence-corrected chi connectivity index (χ4v) is 1.91. The van der Waals surface area contributed by atoms with E-state index >= 15 is 0 Å². The first-order chi connectivity index (χ1) is 9.69. The molecule has 0 saturated carbocycles. The van der Waals surface area contributed by atoms with Gasteiger partial charge in [-0.1, -0.05) is 18.8 Å². The van der Waals surface area contributed by atoms with Crippen LogP contribution in [-0.4, -0.2) is 37.7 Å². The van der Waals surface area contributed by atoms with Crippen molar-refractivity contribution < 1.29 is 9.13 Å². The number of halogens is 1. The molecule has 1 aromatic carbocycles. The molecule has 0 radical (unpaired) electrons. The van der Waals surface area contributed by atoms with E-state index in [2.05, 4.69) is 23.7 Å². The number of hydrogen-bond donors (Lipinski definition) is 1. The van der Waals surface area contributed by atoms with Crippen LogP contribution in [-0.2, 0) is 11.3 Å². The van der Waals surface area contributed by atoms with Gasteiger partial charge in [0.25, 0.3) is 0 Å². The smallest absolute Gasteiger partial charge is 0.124 e. The van der Waals surface area contributed by atoms with Crippen molar-refractivity contribution >= 4 is 0 Å². The summed E-state index contributed by atoms with van der Waals surface area (Å²) in [4.78, 5) is 2.21. The van der Waals surface area contributed by atoms with E-state index in [9.17, 15) is 4.39 Å². The van der Waals surface area contributed by atoms with Crippen LogP contribution in [0.5, 0.6) is 0 Å². The number of nitrogens with zero attached hydrogens (tertiary/aromatic N) is 1. The Labute approximate surface area is 120 Å². The van der Waals surface area contributed by atoms with Gasteiger partial charge in [-0.25, -0.2) is 4.39 Å². The van der Waals surface area contributed by atoms with Crippen LogP contribution in [0.1, 0.15) is 25.0 Å². The molecule has 4 heteroatoms. The van der Waals surface area contributed by atoms with Crippen molar-refractivity contribution in [3.63, 3.8) is 0 Å². The van der Waals surface area contributed by atoms with E-state index in [0.717, 1.165) is 25.3 Å². The summed E-state index contributed by atoms with van der Waals surface area (Å²) in [5, 5.41) is 0. The van der Waals surface area contributed by atoms with Crippen LogP contribution in [0.15, 0.2) is 18.2 Å². The molecule has 0 fully saturated rings. The van der Waals surface area contributed by atoms with Gasteiger partial charge in [0, 0.05) is 25.3 Å². The predicted octanol–water partition coefficient (Wildman–Crippen LogP) is 1.99. The Kier molecular flexibility index (Phi) is 7.89. The van der Waals surface area contributed by atoms with E-state index < -0.39 is 0 Å². The standard InChI is InChI=1S/C16H23FN2O/c1-3-19(8-9-20-4-2)13-15-10-14(6-5-7-18)11-16(17)12-15/h10-12H,3-4,7-9,13,18H2,1-2H3. The van der Waals surface area contributed by atoms with Crippen molar-refractivity contribution in [2.24, 2.45) is 5.73 Å². The molecule has 0 aliphatic heterocycles. The van der Waals surface area contributed by atoms with Crippen LogP contribution >= 0.6 is 0 Å². The van der Waals surface area contributed by atoms with Gasteiger partial charge in [0.2, 0.25) is 0 Å². The summed E-state index contributed by atoms with van der Waals surface area (Å²) in [5.74, 6) is 5.36. The fraction of sp³-hybridized carbons (Fsp3) is 0.500. The first-order valence-corrected chi connectivity index (χ1v) is 6.98. The molecule has 1 aromatic rings. The average molecular weight is 278 g/mol. The van der Waals surface area contributed by atoms with Crippen molar-refractivity contribution in [1.82, 2.24) is 4.90 Å². The third kappa shape index (κ3) is 6.16. The largest absolute Gasteiger partial charge is 0.380 e. The quantitative estimate of drug-likeness (QED) is 0.612. The molecule has 0 atom stereocenters. The normalized spacial score (nSPS) is 10.4. The average Bonchev–Trinajstić information content (AvgIpc) is 2.43. The Morgan fingerprint density at radius 3 is 2.75 bits per heavy atom. The molecular weight excluding hydrogens is 255 g/mol.